The van der Waals surface area contributed by atoms with Crippen molar-refractivity contribution in [1.82, 2.24) is 20.2 Å². The van der Waals surface area contributed by atoms with Crippen LogP contribution in [0.25, 0.3) is 11.0 Å². The number of benzene rings is 2. The Labute approximate surface area is 189 Å². The van der Waals surface area contributed by atoms with Crippen molar-refractivity contribution < 1.29 is 4.79 Å². The van der Waals surface area contributed by atoms with E-state index in [0.29, 0.717) is 5.56 Å². The normalized spacial score (nSPS) is 14.8. The lowest BCUT2D eigenvalue weighted by molar-refractivity contribution is 0.0962. The Morgan fingerprint density at radius 3 is 2.84 bits per heavy atom. The maximum absolute atomic E-state index is 12.0. The number of H-pyrrole nitrogens is 1. The molecule has 6 heteroatoms. The molecule has 2 heterocycles. The van der Waals surface area contributed by atoms with Crippen molar-refractivity contribution in [2.45, 2.75) is 50.5 Å². The predicted octanol–water partition coefficient (Wildman–Crippen LogP) is 4.94. The Bertz CT molecular complexity index is 1040. The number of carbonyl (C=O) groups is 1. The van der Waals surface area contributed by atoms with Gasteiger partial charge in [-0.3, -0.25) is 9.69 Å². The number of hydrogen-bond donors (Lipinski definition) is 2. The molecular weight excluding hydrogens is 404 g/mol. The Kier molecular flexibility index (Phi) is 7.30. The highest BCUT2D eigenvalue weighted by atomic mass is 32.2. The number of aromatic amines is 1. The fourth-order valence-electron chi connectivity index (χ4n) is 4.30. The monoisotopic (exact) mass is 436 g/mol. The molecular formula is C25H32N4OS. The molecule has 0 aliphatic carbocycles. The number of aromatic nitrogens is 2. The average molecular weight is 437 g/mol. The van der Waals surface area contributed by atoms with E-state index in [4.69, 9.17) is 4.98 Å². The number of piperidine rings is 1. The largest absolute Gasteiger partial charge is 0.355 e. The molecule has 31 heavy (non-hydrogen) atoms. The van der Waals surface area contributed by atoms with Crippen LogP contribution in [0.3, 0.4) is 0 Å². The van der Waals surface area contributed by atoms with E-state index in [-0.39, 0.29) is 5.91 Å². The van der Waals surface area contributed by atoms with Crippen LogP contribution in [-0.2, 0) is 13.0 Å². The number of amides is 1. The first-order valence-corrected chi connectivity index (χ1v) is 12.3. The minimum Gasteiger partial charge on any atom is -0.355 e. The Morgan fingerprint density at radius 1 is 1.19 bits per heavy atom. The lowest BCUT2D eigenvalue weighted by atomic mass is 10.1. The number of nitrogens with zero attached hydrogens (tertiary/aromatic N) is 2. The van der Waals surface area contributed by atoms with Gasteiger partial charge in [-0.25, -0.2) is 4.98 Å². The molecule has 3 aromatic rings. The Balaban J connectivity index is 1.30. The fraction of sp³-hybridized carbons (Fsp3) is 0.440. The zero-order chi connectivity index (χ0) is 21.6. The summed E-state index contributed by atoms with van der Waals surface area (Å²) in [6.07, 6.45) is 6.02. The second kappa shape index (κ2) is 10.3. The number of nitrogens with one attached hydrogen (secondary N) is 2. The molecule has 0 atom stereocenters. The first-order valence-electron chi connectivity index (χ1n) is 11.3. The van der Waals surface area contributed by atoms with Gasteiger partial charge in [-0.15, -0.1) is 11.8 Å². The van der Waals surface area contributed by atoms with Crippen LogP contribution in [0.2, 0.25) is 0 Å². The molecule has 0 saturated carbocycles. The van der Waals surface area contributed by atoms with E-state index < -0.39 is 0 Å². The summed E-state index contributed by atoms with van der Waals surface area (Å²) in [6.45, 7) is 5.51. The van der Waals surface area contributed by atoms with Crippen LogP contribution in [0.4, 0.5) is 0 Å². The summed E-state index contributed by atoms with van der Waals surface area (Å²) in [4.78, 5) is 24.1. The number of rotatable bonds is 8. The van der Waals surface area contributed by atoms with Crippen molar-refractivity contribution in [1.29, 1.82) is 0 Å². The summed E-state index contributed by atoms with van der Waals surface area (Å²) in [7, 11) is 1.66. The maximum atomic E-state index is 12.0. The predicted molar refractivity (Wildman–Crippen MR) is 129 cm³/mol. The zero-order valence-corrected chi connectivity index (χ0v) is 19.4. The number of fused-ring (bicyclic) bond motifs is 1. The van der Waals surface area contributed by atoms with Crippen molar-refractivity contribution >= 4 is 28.7 Å². The molecule has 0 spiro atoms. The molecule has 2 aromatic carbocycles. The van der Waals surface area contributed by atoms with Gasteiger partial charge in [-0.2, -0.15) is 0 Å². The van der Waals surface area contributed by atoms with E-state index in [2.05, 4.69) is 39.5 Å². The number of thioether (sulfide) groups is 1. The Morgan fingerprint density at radius 2 is 2.03 bits per heavy atom. The summed E-state index contributed by atoms with van der Waals surface area (Å²) >= 11 is 1.92. The lowest BCUT2D eigenvalue weighted by Crippen LogP contribution is -2.29. The van der Waals surface area contributed by atoms with Gasteiger partial charge in [0.1, 0.15) is 5.82 Å². The highest BCUT2D eigenvalue weighted by Crippen LogP contribution is 2.24. The van der Waals surface area contributed by atoms with Gasteiger partial charge < -0.3 is 10.3 Å². The molecule has 164 valence electrons. The number of likely N-dealkylation sites (tertiary alicyclic amines) is 1. The van der Waals surface area contributed by atoms with Gasteiger partial charge in [-0.05, 0) is 80.4 Å². The van der Waals surface area contributed by atoms with E-state index in [1.54, 1.807) is 7.05 Å². The molecule has 5 nitrogen and oxygen atoms in total. The second-order valence-corrected chi connectivity index (χ2v) is 9.50. The van der Waals surface area contributed by atoms with E-state index in [1.165, 1.54) is 42.8 Å². The van der Waals surface area contributed by atoms with Gasteiger partial charge in [0.2, 0.25) is 0 Å². The molecule has 0 bridgehead atoms. The third-order valence-electron chi connectivity index (χ3n) is 6.01. The quantitative estimate of drug-likeness (QED) is 0.388. The fourth-order valence-corrected chi connectivity index (χ4v) is 5.24. The average Bonchev–Trinajstić information content (AvgIpc) is 3.21. The van der Waals surface area contributed by atoms with Gasteiger partial charge >= 0.3 is 0 Å². The number of imidazole rings is 1. The van der Waals surface area contributed by atoms with Crippen LogP contribution in [0.15, 0.2) is 41.3 Å². The topological polar surface area (TPSA) is 61.0 Å². The van der Waals surface area contributed by atoms with Crippen LogP contribution in [0.5, 0.6) is 0 Å². The van der Waals surface area contributed by atoms with Crippen molar-refractivity contribution in [2.24, 2.45) is 0 Å². The highest BCUT2D eigenvalue weighted by molar-refractivity contribution is 7.99. The Hall–Kier alpha value is -2.31. The third-order valence-corrected chi connectivity index (χ3v) is 7.09. The van der Waals surface area contributed by atoms with Gasteiger partial charge in [0, 0.05) is 30.5 Å². The van der Waals surface area contributed by atoms with Crippen LogP contribution in [0, 0.1) is 6.92 Å². The summed E-state index contributed by atoms with van der Waals surface area (Å²) in [5.41, 5.74) is 4.94. The van der Waals surface area contributed by atoms with Gasteiger partial charge in [0.25, 0.3) is 5.91 Å². The highest BCUT2D eigenvalue weighted by Gasteiger charge is 2.13. The first-order chi connectivity index (χ1) is 15.1. The third kappa shape index (κ3) is 5.49. The molecule has 0 radical (unpaired) electrons. The molecule has 1 aromatic heterocycles. The van der Waals surface area contributed by atoms with Gasteiger partial charge in [-0.1, -0.05) is 18.6 Å². The SMILES string of the molecule is CNC(=O)c1ccc2[nH]c(CCCSc3cccc(CN4CCCCC4)c3)nc2c1C. The van der Waals surface area contributed by atoms with E-state index in [0.717, 1.165) is 47.6 Å². The smallest absolute Gasteiger partial charge is 0.251 e. The van der Waals surface area contributed by atoms with Crippen molar-refractivity contribution in [3.63, 3.8) is 0 Å². The second-order valence-electron chi connectivity index (χ2n) is 8.33. The van der Waals surface area contributed by atoms with Crippen LogP contribution >= 0.6 is 11.8 Å². The van der Waals surface area contributed by atoms with Crippen molar-refractivity contribution in [2.75, 3.05) is 25.9 Å². The van der Waals surface area contributed by atoms with Crippen LogP contribution in [0.1, 0.15) is 53.0 Å². The van der Waals surface area contributed by atoms with Gasteiger partial charge in [0.15, 0.2) is 0 Å². The summed E-state index contributed by atoms with van der Waals surface area (Å²) in [6, 6.07) is 12.8. The van der Waals surface area contributed by atoms with E-state index in [1.807, 2.05) is 30.8 Å². The maximum Gasteiger partial charge on any atom is 0.251 e. The summed E-state index contributed by atoms with van der Waals surface area (Å²) < 4.78 is 0. The first kappa shape index (κ1) is 21.9. The molecule has 0 unspecified atom stereocenters. The zero-order valence-electron chi connectivity index (χ0n) is 18.5. The van der Waals surface area contributed by atoms with Crippen LogP contribution < -0.4 is 5.32 Å². The molecule has 1 saturated heterocycles. The van der Waals surface area contributed by atoms with Crippen molar-refractivity contribution in [3.8, 4) is 0 Å². The van der Waals surface area contributed by atoms with Gasteiger partial charge in [0.05, 0.1) is 11.0 Å². The molecule has 1 aliphatic rings. The number of carbonyl (C=O) groups excluding carboxylic acids is 1. The molecule has 1 amide bonds. The van der Waals surface area contributed by atoms with Crippen molar-refractivity contribution in [3.05, 3.63) is 58.9 Å². The van der Waals surface area contributed by atoms with Crippen LogP contribution in [-0.4, -0.2) is 46.7 Å². The summed E-state index contributed by atoms with van der Waals surface area (Å²) in [5, 5.41) is 2.70. The molecule has 1 fully saturated rings. The summed E-state index contributed by atoms with van der Waals surface area (Å²) in [5.74, 6) is 1.99. The number of hydrogen-bond acceptors (Lipinski definition) is 4. The van der Waals surface area contributed by atoms with E-state index >= 15 is 0 Å². The molecule has 1 aliphatic heterocycles. The number of aryl methyl sites for hydroxylation is 2. The standard InChI is InChI=1S/C25H32N4OS/c1-18-21(25(30)26-2)11-12-22-24(18)28-23(27-22)10-7-15-31-20-9-6-8-19(16-20)17-29-13-4-3-5-14-29/h6,8-9,11-12,16H,3-5,7,10,13-15,17H2,1-2H3,(H,26,30)(H,27,28). The minimum atomic E-state index is -0.0668. The van der Waals surface area contributed by atoms with E-state index in [9.17, 15) is 4.79 Å². The lowest BCUT2D eigenvalue weighted by Gasteiger charge is -2.26. The molecule has 2 N–H and O–H groups in total. The molecule has 4 rings (SSSR count). The minimum absolute atomic E-state index is 0.0668.